The normalized spacial score (nSPS) is 10.5. The van der Waals surface area contributed by atoms with E-state index in [2.05, 4.69) is 77.3 Å². The zero-order valence-corrected chi connectivity index (χ0v) is 13.5. The van der Waals surface area contributed by atoms with Gasteiger partial charge in [0.05, 0.1) is 0 Å². The standard InChI is InChI=1S/C16H17BrClN/c1-12-5-3-4-6-13(12)11-19(2)16-8-7-15(17)9-14(16)10-18/h3-9H,10-11H2,1-2H3. The largest absolute Gasteiger partial charge is 0.370 e. The van der Waals surface area contributed by atoms with Crippen LogP contribution in [0.25, 0.3) is 0 Å². The number of alkyl halides is 1. The van der Waals surface area contributed by atoms with Crippen molar-refractivity contribution in [3.05, 3.63) is 63.6 Å². The lowest BCUT2D eigenvalue weighted by molar-refractivity contribution is 0.907. The molecule has 0 aliphatic heterocycles. The maximum absolute atomic E-state index is 6.03. The summed E-state index contributed by atoms with van der Waals surface area (Å²) >= 11 is 9.52. The molecule has 100 valence electrons. The first kappa shape index (κ1) is 14.4. The van der Waals surface area contributed by atoms with E-state index in [9.17, 15) is 0 Å². The molecule has 0 atom stereocenters. The lowest BCUT2D eigenvalue weighted by Gasteiger charge is -2.23. The van der Waals surface area contributed by atoms with Crippen molar-refractivity contribution in [1.29, 1.82) is 0 Å². The molecule has 0 amide bonds. The fourth-order valence-corrected chi connectivity index (χ4v) is 2.78. The van der Waals surface area contributed by atoms with Crippen LogP contribution in [0.2, 0.25) is 0 Å². The number of halogens is 2. The smallest absolute Gasteiger partial charge is 0.0494 e. The van der Waals surface area contributed by atoms with E-state index < -0.39 is 0 Å². The van der Waals surface area contributed by atoms with Crippen LogP contribution in [0.4, 0.5) is 5.69 Å². The Morgan fingerprint density at radius 1 is 1.11 bits per heavy atom. The fourth-order valence-electron chi connectivity index (χ4n) is 2.16. The van der Waals surface area contributed by atoms with Crippen LogP contribution in [0, 0.1) is 6.92 Å². The highest BCUT2D eigenvalue weighted by atomic mass is 79.9. The molecule has 1 nitrogen and oxygen atoms in total. The maximum atomic E-state index is 6.03. The van der Waals surface area contributed by atoms with Gasteiger partial charge in [-0.25, -0.2) is 0 Å². The van der Waals surface area contributed by atoms with Crippen molar-refractivity contribution >= 4 is 33.2 Å². The summed E-state index contributed by atoms with van der Waals surface area (Å²) in [4.78, 5) is 2.24. The predicted octanol–water partition coefficient (Wildman–Crippen LogP) is 5.13. The van der Waals surface area contributed by atoms with Gasteiger partial charge in [-0.1, -0.05) is 40.2 Å². The predicted molar refractivity (Wildman–Crippen MR) is 87.0 cm³/mol. The second-order valence-corrected chi connectivity index (χ2v) is 5.87. The van der Waals surface area contributed by atoms with Crippen LogP contribution in [-0.4, -0.2) is 7.05 Å². The second kappa shape index (κ2) is 6.44. The van der Waals surface area contributed by atoms with Crippen molar-refractivity contribution in [2.45, 2.75) is 19.3 Å². The number of hydrogen-bond acceptors (Lipinski definition) is 1. The number of anilines is 1. The van der Waals surface area contributed by atoms with Crippen molar-refractivity contribution in [2.75, 3.05) is 11.9 Å². The summed E-state index contributed by atoms with van der Waals surface area (Å²) in [6, 6.07) is 14.7. The van der Waals surface area contributed by atoms with Crippen LogP contribution in [0.5, 0.6) is 0 Å². The molecular weight excluding hydrogens is 322 g/mol. The average molecular weight is 339 g/mol. The molecule has 3 heteroatoms. The summed E-state index contributed by atoms with van der Waals surface area (Å²) in [6.07, 6.45) is 0. The average Bonchev–Trinajstić information content (AvgIpc) is 2.41. The quantitative estimate of drug-likeness (QED) is 0.698. The highest BCUT2D eigenvalue weighted by Crippen LogP contribution is 2.26. The SMILES string of the molecule is Cc1ccccc1CN(C)c1ccc(Br)cc1CCl. The first-order chi connectivity index (χ1) is 9.11. The molecule has 0 bridgehead atoms. The first-order valence-electron chi connectivity index (χ1n) is 6.22. The Bertz CT molecular complexity index is 568. The van der Waals surface area contributed by atoms with Crippen molar-refractivity contribution < 1.29 is 0 Å². The zero-order valence-electron chi connectivity index (χ0n) is 11.2. The summed E-state index contributed by atoms with van der Waals surface area (Å²) in [6.45, 7) is 3.03. The number of rotatable bonds is 4. The minimum atomic E-state index is 0.521. The number of aryl methyl sites for hydroxylation is 1. The van der Waals surface area contributed by atoms with Gasteiger partial charge in [0.2, 0.25) is 0 Å². The van der Waals surface area contributed by atoms with Gasteiger partial charge in [-0.05, 0) is 41.8 Å². The van der Waals surface area contributed by atoms with Gasteiger partial charge in [0.1, 0.15) is 0 Å². The van der Waals surface area contributed by atoms with Crippen molar-refractivity contribution in [3.8, 4) is 0 Å². The van der Waals surface area contributed by atoms with Gasteiger partial charge < -0.3 is 4.90 Å². The molecule has 0 saturated carbocycles. The van der Waals surface area contributed by atoms with Crippen molar-refractivity contribution in [2.24, 2.45) is 0 Å². The third-order valence-corrected chi connectivity index (χ3v) is 4.05. The first-order valence-corrected chi connectivity index (χ1v) is 7.54. The van der Waals surface area contributed by atoms with E-state index in [0.717, 1.165) is 16.6 Å². The minimum absolute atomic E-state index is 0.521. The van der Waals surface area contributed by atoms with E-state index in [4.69, 9.17) is 11.6 Å². The fraction of sp³-hybridized carbons (Fsp3) is 0.250. The Labute approximate surface area is 128 Å². The number of benzene rings is 2. The molecule has 2 rings (SSSR count). The molecule has 2 aromatic rings. The molecular formula is C16H17BrClN. The van der Waals surface area contributed by atoms with Crippen LogP contribution < -0.4 is 4.90 Å². The lowest BCUT2D eigenvalue weighted by Crippen LogP contribution is -2.18. The van der Waals surface area contributed by atoms with Gasteiger partial charge in [-0.3, -0.25) is 0 Å². The van der Waals surface area contributed by atoms with Crippen LogP contribution >= 0.6 is 27.5 Å². The van der Waals surface area contributed by atoms with Crippen molar-refractivity contribution in [3.63, 3.8) is 0 Å². The lowest BCUT2D eigenvalue weighted by atomic mass is 10.1. The molecule has 0 heterocycles. The summed E-state index contributed by atoms with van der Waals surface area (Å²) in [5, 5.41) is 0. The molecule has 0 fully saturated rings. The molecule has 0 aliphatic rings. The van der Waals surface area contributed by atoms with E-state index >= 15 is 0 Å². The Morgan fingerprint density at radius 3 is 2.53 bits per heavy atom. The van der Waals surface area contributed by atoms with Crippen LogP contribution in [-0.2, 0) is 12.4 Å². The minimum Gasteiger partial charge on any atom is -0.370 e. The zero-order chi connectivity index (χ0) is 13.8. The Kier molecular flexibility index (Phi) is 4.89. The highest BCUT2D eigenvalue weighted by molar-refractivity contribution is 9.10. The third kappa shape index (κ3) is 3.52. The third-order valence-electron chi connectivity index (χ3n) is 3.27. The second-order valence-electron chi connectivity index (χ2n) is 4.69. The molecule has 0 radical (unpaired) electrons. The van der Waals surface area contributed by atoms with Crippen molar-refractivity contribution in [1.82, 2.24) is 0 Å². The topological polar surface area (TPSA) is 3.24 Å². The Morgan fingerprint density at radius 2 is 1.84 bits per heavy atom. The molecule has 0 unspecified atom stereocenters. The molecule has 0 spiro atoms. The van der Waals surface area contributed by atoms with Gasteiger partial charge in [0.15, 0.2) is 0 Å². The number of hydrogen-bond donors (Lipinski definition) is 0. The highest BCUT2D eigenvalue weighted by Gasteiger charge is 2.09. The van der Waals surface area contributed by atoms with Crippen LogP contribution in [0.3, 0.4) is 0 Å². The summed E-state index contributed by atoms with van der Waals surface area (Å²) < 4.78 is 1.07. The molecule has 0 aliphatic carbocycles. The van der Waals surface area contributed by atoms with Gasteiger partial charge >= 0.3 is 0 Å². The Balaban J connectivity index is 2.25. The van der Waals surface area contributed by atoms with Gasteiger partial charge in [0.25, 0.3) is 0 Å². The van der Waals surface area contributed by atoms with E-state index in [1.165, 1.54) is 16.8 Å². The number of nitrogens with zero attached hydrogens (tertiary/aromatic N) is 1. The Hall–Kier alpha value is -0.990. The van der Waals surface area contributed by atoms with E-state index in [-0.39, 0.29) is 0 Å². The summed E-state index contributed by atoms with van der Waals surface area (Å²) in [5.41, 5.74) is 4.99. The molecule has 0 saturated heterocycles. The molecule has 0 N–H and O–H groups in total. The summed E-state index contributed by atoms with van der Waals surface area (Å²) in [5.74, 6) is 0.521. The monoisotopic (exact) mass is 337 g/mol. The molecule has 0 aromatic heterocycles. The van der Waals surface area contributed by atoms with E-state index in [0.29, 0.717) is 5.88 Å². The molecule has 2 aromatic carbocycles. The van der Waals surface area contributed by atoms with Gasteiger partial charge in [-0.15, -0.1) is 11.6 Å². The maximum Gasteiger partial charge on any atom is 0.0494 e. The van der Waals surface area contributed by atoms with Crippen LogP contribution in [0.15, 0.2) is 46.9 Å². The summed E-state index contributed by atoms with van der Waals surface area (Å²) in [7, 11) is 2.10. The van der Waals surface area contributed by atoms with Gasteiger partial charge in [-0.2, -0.15) is 0 Å². The van der Waals surface area contributed by atoms with E-state index in [1.54, 1.807) is 0 Å². The van der Waals surface area contributed by atoms with E-state index in [1.807, 2.05) is 0 Å². The van der Waals surface area contributed by atoms with Crippen LogP contribution in [0.1, 0.15) is 16.7 Å². The van der Waals surface area contributed by atoms with Gasteiger partial charge in [0, 0.05) is 29.6 Å². The molecule has 19 heavy (non-hydrogen) atoms.